The van der Waals surface area contributed by atoms with Gasteiger partial charge in [-0.15, -0.1) is 0 Å². The number of hydrogen-bond donors (Lipinski definition) is 1. The maximum absolute atomic E-state index is 5.38. The Morgan fingerprint density at radius 2 is 2.25 bits per heavy atom. The minimum absolute atomic E-state index is 0.645. The van der Waals surface area contributed by atoms with Gasteiger partial charge in [0.05, 0.1) is 0 Å². The normalized spacial score (nSPS) is 14.9. The Bertz CT molecular complexity index is 66.8. The van der Waals surface area contributed by atoms with Gasteiger partial charge >= 0.3 is 0 Å². The molecule has 0 rings (SSSR count). The van der Waals surface area contributed by atoms with E-state index in [9.17, 15) is 0 Å². The zero-order valence-corrected chi connectivity index (χ0v) is 5.72. The first-order valence-electron chi connectivity index (χ1n) is 3.12. The summed E-state index contributed by atoms with van der Waals surface area (Å²) in [5.41, 5.74) is 5.38. The predicted molar refractivity (Wildman–Crippen MR) is 37.6 cm³/mol. The highest BCUT2D eigenvalue weighted by molar-refractivity contribution is 4.78. The average molecular weight is 113 g/mol. The second kappa shape index (κ2) is 4.85. The van der Waals surface area contributed by atoms with Gasteiger partial charge in [-0.3, -0.25) is 0 Å². The van der Waals surface area contributed by atoms with E-state index < -0.39 is 0 Å². The van der Waals surface area contributed by atoms with Gasteiger partial charge in [-0.05, 0) is 25.8 Å². The topological polar surface area (TPSA) is 26.0 Å². The van der Waals surface area contributed by atoms with Crippen LogP contribution in [0.15, 0.2) is 12.2 Å². The summed E-state index contributed by atoms with van der Waals surface area (Å²) in [6, 6.07) is 0. The highest BCUT2D eigenvalue weighted by Gasteiger charge is 1.91. The smallest absolute Gasteiger partial charge is 0.00485 e. The molecule has 2 N–H and O–H groups in total. The van der Waals surface area contributed by atoms with Gasteiger partial charge in [0.25, 0.3) is 0 Å². The van der Waals surface area contributed by atoms with Gasteiger partial charge in [0.2, 0.25) is 0 Å². The van der Waals surface area contributed by atoms with Crippen LogP contribution in [0, 0.1) is 5.92 Å². The summed E-state index contributed by atoms with van der Waals surface area (Å²) >= 11 is 0. The lowest BCUT2D eigenvalue weighted by Crippen LogP contribution is -2.09. The highest BCUT2D eigenvalue weighted by atomic mass is 14.5. The molecule has 0 bridgehead atoms. The second-order valence-corrected chi connectivity index (χ2v) is 2.15. The van der Waals surface area contributed by atoms with E-state index in [2.05, 4.69) is 19.1 Å². The first-order chi connectivity index (χ1) is 3.81. The molecule has 0 heterocycles. The summed E-state index contributed by atoms with van der Waals surface area (Å²) < 4.78 is 0. The second-order valence-electron chi connectivity index (χ2n) is 2.15. The van der Waals surface area contributed by atoms with Crippen LogP contribution in [0.1, 0.15) is 20.3 Å². The Kier molecular flexibility index (Phi) is 4.67. The molecule has 0 fully saturated rings. The maximum Gasteiger partial charge on any atom is -0.00485 e. The molecule has 0 aliphatic carbocycles. The van der Waals surface area contributed by atoms with Crippen molar-refractivity contribution in [1.82, 2.24) is 0 Å². The Balaban J connectivity index is 3.10. The van der Waals surface area contributed by atoms with Crippen LogP contribution in [-0.2, 0) is 0 Å². The Labute approximate surface area is 51.6 Å². The van der Waals surface area contributed by atoms with Crippen molar-refractivity contribution in [2.45, 2.75) is 20.3 Å². The molecular formula is C7H15N. The van der Waals surface area contributed by atoms with Crippen molar-refractivity contribution in [3.8, 4) is 0 Å². The number of hydrogen-bond acceptors (Lipinski definition) is 1. The summed E-state index contributed by atoms with van der Waals surface area (Å²) in [6.07, 6.45) is 5.33. The van der Waals surface area contributed by atoms with Crippen molar-refractivity contribution in [2.75, 3.05) is 6.54 Å². The molecule has 1 heteroatoms. The van der Waals surface area contributed by atoms with E-state index in [1.165, 1.54) is 0 Å². The van der Waals surface area contributed by atoms with E-state index in [1.54, 1.807) is 0 Å². The number of nitrogens with two attached hydrogens (primary N) is 1. The zero-order chi connectivity index (χ0) is 6.41. The van der Waals surface area contributed by atoms with Crippen molar-refractivity contribution < 1.29 is 0 Å². The third-order valence-corrected chi connectivity index (χ3v) is 1.18. The fourth-order valence-corrected chi connectivity index (χ4v) is 0.465. The Morgan fingerprint density at radius 1 is 1.62 bits per heavy atom. The molecule has 0 amide bonds. The number of rotatable bonds is 3. The molecule has 1 nitrogen and oxygen atoms in total. The van der Waals surface area contributed by atoms with Gasteiger partial charge in [0.1, 0.15) is 0 Å². The van der Waals surface area contributed by atoms with E-state index in [0.29, 0.717) is 5.92 Å². The van der Waals surface area contributed by atoms with E-state index in [0.717, 1.165) is 13.0 Å². The third-order valence-electron chi connectivity index (χ3n) is 1.18. The lowest BCUT2D eigenvalue weighted by atomic mass is 10.1. The molecule has 1 unspecified atom stereocenters. The van der Waals surface area contributed by atoms with E-state index in [1.807, 2.05) is 6.92 Å². The molecule has 0 saturated heterocycles. The van der Waals surface area contributed by atoms with Crippen LogP contribution in [0.3, 0.4) is 0 Å². The maximum atomic E-state index is 5.38. The molecule has 0 aromatic rings. The molecule has 0 radical (unpaired) electrons. The van der Waals surface area contributed by atoms with Gasteiger partial charge in [-0.25, -0.2) is 0 Å². The van der Waals surface area contributed by atoms with Crippen molar-refractivity contribution in [2.24, 2.45) is 11.7 Å². The van der Waals surface area contributed by atoms with Crippen LogP contribution in [0.5, 0.6) is 0 Å². The molecule has 0 aliphatic rings. The minimum Gasteiger partial charge on any atom is -0.330 e. The average Bonchev–Trinajstić information content (AvgIpc) is 1.83. The van der Waals surface area contributed by atoms with Crippen LogP contribution in [0.2, 0.25) is 0 Å². The van der Waals surface area contributed by atoms with Gasteiger partial charge < -0.3 is 5.73 Å². The molecule has 0 aromatic carbocycles. The fraction of sp³-hybridized carbons (Fsp3) is 0.714. The van der Waals surface area contributed by atoms with Crippen LogP contribution < -0.4 is 5.73 Å². The summed E-state index contributed by atoms with van der Waals surface area (Å²) in [6.45, 7) is 4.98. The monoisotopic (exact) mass is 113 g/mol. The van der Waals surface area contributed by atoms with Crippen molar-refractivity contribution in [3.05, 3.63) is 12.2 Å². The molecule has 0 aromatic heterocycles. The van der Waals surface area contributed by atoms with Crippen molar-refractivity contribution in [3.63, 3.8) is 0 Å². The molecule has 0 aliphatic heterocycles. The largest absolute Gasteiger partial charge is 0.330 e. The summed E-state index contributed by atoms with van der Waals surface area (Å²) in [5.74, 6) is 0.645. The minimum atomic E-state index is 0.645. The van der Waals surface area contributed by atoms with E-state index in [4.69, 9.17) is 5.73 Å². The number of allylic oxidation sites excluding steroid dienone is 2. The van der Waals surface area contributed by atoms with Crippen LogP contribution >= 0.6 is 0 Å². The van der Waals surface area contributed by atoms with Crippen LogP contribution in [0.4, 0.5) is 0 Å². The zero-order valence-electron chi connectivity index (χ0n) is 5.72. The molecule has 0 spiro atoms. The van der Waals surface area contributed by atoms with Gasteiger partial charge in [0, 0.05) is 0 Å². The molecule has 1 atom stereocenters. The van der Waals surface area contributed by atoms with Crippen molar-refractivity contribution >= 4 is 0 Å². The molecule has 0 saturated carbocycles. The fourth-order valence-electron chi connectivity index (χ4n) is 0.465. The van der Waals surface area contributed by atoms with Gasteiger partial charge in [0.15, 0.2) is 0 Å². The highest BCUT2D eigenvalue weighted by Crippen LogP contribution is 1.98. The van der Waals surface area contributed by atoms with Crippen LogP contribution in [0.25, 0.3) is 0 Å². The molecular weight excluding hydrogens is 98.1 g/mol. The quantitative estimate of drug-likeness (QED) is 0.552. The SMILES string of the molecule is CC=CCC(C)CN. The lowest BCUT2D eigenvalue weighted by Gasteiger charge is -2.00. The lowest BCUT2D eigenvalue weighted by molar-refractivity contribution is 0.606. The first-order valence-corrected chi connectivity index (χ1v) is 3.12. The molecule has 8 heavy (non-hydrogen) atoms. The summed E-state index contributed by atoms with van der Waals surface area (Å²) in [7, 11) is 0. The van der Waals surface area contributed by atoms with Gasteiger partial charge in [-0.2, -0.15) is 0 Å². The standard InChI is InChI=1S/C7H15N/c1-3-4-5-7(2)6-8/h3-4,7H,5-6,8H2,1-2H3. The van der Waals surface area contributed by atoms with Gasteiger partial charge in [-0.1, -0.05) is 19.1 Å². The third kappa shape index (κ3) is 3.88. The molecule has 48 valence electrons. The summed E-state index contributed by atoms with van der Waals surface area (Å²) in [5, 5.41) is 0. The van der Waals surface area contributed by atoms with Crippen molar-refractivity contribution in [1.29, 1.82) is 0 Å². The van der Waals surface area contributed by atoms with E-state index >= 15 is 0 Å². The summed E-state index contributed by atoms with van der Waals surface area (Å²) in [4.78, 5) is 0. The van der Waals surface area contributed by atoms with E-state index in [-0.39, 0.29) is 0 Å². The first kappa shape index (κ1) is 7.70. The predicted octanol–water partition coefficient (Wildman–Crippen LogP) is 1.55. The Hall–Kier alpha value is -0.300. The Morgan fingerprint density at radius 3 is 2.62 bits per heavy atom. The van der Waals surface area contributed by atoms with Crippen LogP contribution in [-0.4, -0.2) is 6.54 Å².